The van der Waals surface area contributed by atoms with E-state index in [1.165, 1.54) is 19.3 Å². The minimum absolute atomic E-state index is 0.435. The molecule has 0 atom stereocenters. The minimum atomic E-state index is 0.435. The Bertz CT molecular complexity index is 362. The van der Waals surface area contributed by atoms with Gasteiger partial charge in [-0.1, -0.05) is 37.7 Å². The van der Waals surface area contributed by atoms with Crippen LogP contribution in [0, 0.1) is 18.8 Å². The van der Waals surface area contributed by atoms with Crippen LogP contribution in [0.25, 0.3) is 0 Å². The second kappa shape index (κ2) is 7.76. The molecule has 1 aromatic rings. The van der Waals surface area contributed by atoms with E-state index in [0.717, 1.165) is 12.0 Å². The molecule has 0 saturated carbocycles. The quantitative estimate of drug-likeness (QED) is 0.557. The van der Waals surface area contributed by atoms with Gasteiger partial charge in [-0.25, -0.2) is 4.98 Å². The number of ether oxygens (including phenoxy) is 1. The van der Waals surface area contributed by atoms with Crippen molar-refractivity contribution in [2.75, 3.05) is 6.61 Å². The number of aromatic nitrogens is 1. The molecule has 0 saturated heterocycles. The Kier molecular flexibility index (Phi) is 6.10. The number of hydrogen-bond donors (Lipinski definition) is 0. The van der Waals surface area contributed by atoms with Gasteiger partial charge in [-0.3, -0.25) is 0 Å². The number of rotatable bonds is 5. The molecule has 0 amide bonds. The van der Waals surface area contributed by atoms with E-state index in [-0.39, 0.29) is 0 Å². The second-order valence-corrected chi connectivity index (χ2v) is 3.72. The van der Waals surface area contributed by atoms with Gasteiger partial charge in [0, 0.05) is 18.2 Å². The standard InChI is InChI=1S/C14H19NO/c1-3-4-5-6-7-8-12-16-14-13(2)10-9-11-15-14/h9-11H,3-6,12H2,1-2H3. The molecule has 0 radical (unpaired) electrons. The number of hydrogen-bond acceptors (Lipinski definition) is 2. The van der Waals surface area contributed by atoms with Crippen molar-refractivity contribution in [1.82, 2.24) is 4.98 Å². The molecule has 0 unspecified atom stereocenters. The highest BCUT2D eigenvalue weighted by Gasteiger charge is 1.96. The molecule has 0 spiro atoms. The molecule has 2 heteroatoms. The lowest BCUT2D eigenvalue weighted by Crippen LogP contribution is -1.97. The zero-order chi connectivity index (χ0) is 11.6. The fraction of sp³-hybridized carbons (Fsp3) is 0.500. The Morgan fingerprint density at radius 3 is 2.94 bits per heavy atom. The highest BCUT2D eigenvalue weighted by molar-refractivity contribution is 5.23. The van der Waals surface area contributed by atoms with Crippen molar-refractivity contribution < 1.29 is 4.74 Å². The number of aryl methyl sites for hydroxylation is 1. The van der Waals surface area contributed by atoms with Crippen molar-refractivity contribution in [3.8, 4) is 17.7 Å². The topological polar surface area (TPSA) is 22.1 Å². The van der Waals surface area contributed by atoms with Gasteiger partial charge in [-0.15, -0.1) is 0 Å². The lowest BCUT2D eigenvalue weighted by molar-refractivity contribution is 0.352. The first-order valence-electron chi connectivity index (χ1n) is 5.84. The Labute approximate surface area is 98.0 Å². The third-order valence-corrected chi connectivity index (χ3v) is 2.27. The van der Waals surface area contributed by atoms with Crippen molar-refractivity contribution in [2.24, 2.45) is 0 Å². The summed E-state index contributed by atoms with van der Waals surface area (Å²) in [7, 11) is 0. The third-order valence-electron chi connectivity index (χ3n) is 2.27. The van der Waals surface area contributed by atoms with Crippen molar-refractivity contribution >= 4 is 0 Å². The fourth-order valence-electron chi connectivity index (χ4n) is 1.33. The highest BCUT2D eigenvalue weighted by atomic mass is 16.5. The van der Waals surface area contributed by atoms with Crippen LogP contribution in [-0.4, -0.2) is 11.6 Å². The normalized spacial score (nSPS) is 9.38. The van der Waals surface area contributed by atoms with Gasteiger partial charge in [0.15, 0.2) is 6.61 Å². The molecule has 0 aliphatic carbocycles. The highest BCUT2D eigenvalue weighted by Crippen LogP contribution is 2.11. The molecular weight excluding hydrogens is 198 g/mol. The Hall–Kier alpha value is -1.49. The zero-order valence-corrected chi connectivity index (χ0v) is 10.1. The minimum Gasteiger partial charge on any atom is -0.464 e. The van der Waals surface area contributed by atoms with Crippen LogP contribution in [0.2, 0.25) is 0 Å². The molecule has 0 aliphatic heterocycles. The largest absolute Gasteiger partial charge is 0.464 e. The van der Waals surface area contributed by atoms with E-state index >= 15 is 0 Å². The van der Waals surface area contributed by atoms with Crippen LogP contribution in [-0.2, 0) is 0 Å². The van der Waals surface area contributed by atoms with E-state index < -0.39 is 0 Å². The van der Waals surface area contributed by atoms with E-state index in [1.54, 1.807) is 6.20 Å². The van der Waals surface area contributed by atoms with Gasteiger partial charge >= 0.3 is 0 Å². The van der Waals surface area contributed by atoms with Crippen LogP contribution in [0.5, 0.6) is 5.88 Å². The van der Waals surface area contributed by atoms with Gasteiger partial charge in [0.2, 0.25) is 5.88 Å². The molecule has 2 nitrogen and oxygen atoms in total. The summed E-state index contributed by atoms with van der Waals surface area (Å²) in [4.78, 5) is 4.14. The summed E-state index contributed by atoms with van der Waals surface area (Å²) in [5.74, 6) is 6.80. The van der Waals surface area contributed by atoms with Crippen LogP contribution in [0.3, 0.4) is 0 Å². The maximum absolute atomic E-state index is 5.46. The Morgan fingerprint density at radius 1 is 1.31 bits per heavy atom. The predicted octanol–water partition coefficient (Wildman–Crippen LogP) is 3.35. The average Bonchev–Trinajstić information content (AvgIpc) is 2.30. The van der Waals surface area contributed by atoms with E-state index in [0.29, 0.717) is 12.5 Å². The van der Waals surface area contributed by atoms with Crippen LogP contribution in [0.15, 0.2) is 18.3 Å². The molecule has 86 valence electrons. The van der Waals surface area contributed by atoms with Crippen LogP contribution in [0.1, 0.15) is 38.2 Å². The molecule has 1 aromatic heterocycles. The van der Waals surface area contributed by atoms with Crippen molar-refractivity contribution in [1.29, 1.82) is 0 Å². The number of pyridine rings is 1. The van der Waals surface area contributed by atoms with Gasteiger partial charge < -0.3 is 4.74 Å². The molecule has 0 aliphatic rings. The predicted molar refractivity (Wildman–Crippen MR) is 66.4 cm³/mol. The molecule has 1 heterocycles. The monoisotopic (exact) mass is 217 g/mol. The Balaban J connectivity index is 2.22. The lowest BCUT2D eigenvalue weighted by atomic mass is 10.2. The first-order chi connectivity index (χ1) is 7.84. The van der Waals surface area contributed by atoms with E-state index in [1.807, 2.05) is 19.1 Å². The summed E-state index contributed by atoms with van der Waals surface area (Å²) >= 11 is 0. The first kappa shape index (κ1) is 12.6. The van der Waals surface area contributed by atoms with Gasteiger partial charge in [-0.2, -0.15) is 0 Å². The van der Waals surface area contributed by atoms with Crippen LogP contribution >= 0.6 is 0 Å². The molecule has 16 heavy (non-hydrogen) atoms. The lowest BCUT2D eigenvalue weighted by Gasteiger charge is -2.02. The first-order valence-corrected chi connectivity index (χ1v) is 5.84. The van der Waals surface area contributed by atoms with E-state index in [2.05, 4.69) is 23.7 Å². The summed E-state index contributed by atoms with van der Waals surface area (Å²) in [6, 6.07) is 3.88. The van der Waals surface area contributed by atoms with Crippen molar-refractivity contribution in [3.63, 3.8) is 0 Å². The van der Waals surface area contributed by atoms with Crippen molar-refractivity contribution in [3.05, 3.63) is 23.9 Å². The molecule has 0 N–H and O–H groups in total. The maximum atomic E-state index is 5.46. The average molecular weight is 217 g/mol. The molecule has 1 rings (SSSR count). The van der Waals surface area contributed by atoms with Gasteiger partial charge in [-0.05, 0) is 19.4 Å². The van der Waals surface area contributed by atoms with Crippen molar-refractivity contribution in [2.45, 2.75) is 39.5 Å². The second-order valence-electron chi connectivity index (χ2n) is 3.72. The molecule has 0 aromatic carbocycles. The van der Waals surface area contributed by atoms with Gasteiger partial charge in [0.25, 0.3) is 0 Å². The number of nitrogens with zero attached hydrogens (tertiary/aromatic N) is 1. The summed E-state index contributed by atoms with van der Waals surface area (Å²) in [5, 5.41) is 0. The van der Waals surface area contributed by atoms with Gasteiger partial charge in [0.05, 0.1) is 0 Å². The smallest absolute Gasteiger partial charge is 0.217 e. The third kappa shape index (κ3) is 4.84. The van der Waals surface area contributed by atoms with E-state index in [4.69, 9.17) is 4.74 Å². The van der Waals surface area contributed by atoms with Gasteiger partial charge in [0.1, 0.15) is 0 Å². The summed E-state index contributed by atoms with van der Waals surface area (Å²) in [6.07, 6.45) is 6.39. The van der Waals surface area contributed by atoms with Crippen LogP contribution in [0.4, 0.5) is 0 Å². The summed E-state index contributed by atoms with van der Waals surface area (Å²) in [5.41, 5.74) is 1.05. The maximum Gasteiger partial charge on any atom is 0.217 e. The Morgan fingerprint density at radius 2 is 2.19 bits per heavy atom. The molecular formula is C14H19NO. The molecule has 0 fully saturated rings. The summed E-state index contributed by atoms with van der Waals surface area (Å²) < 4.78 is 5.46. The van der Waals surface area contributed by atoms with Crippen LogP contribution < -0.4 is 4.74 Å². The zero-order valence-electron chi connectivity index (χ0n) is 10.1. The fourth-order valence-corrected chi connectivity index (χ4v) is 1.33. The SMILES string of the molecule is CCCCCC#CCOc1ncccc1C. The molecule has 0 bridgehead atoms. The van der Waals surface area contributed by atoms with E-state index in [9.17, 15) is 0 Å². The summed E-state index contributed by atoms with van der Waals surface area (Å²) in [6.45, 7) is 4.61. The number of unbranched alkanes of at least 4 members (excludes halogenated alkanes) is 3.